The summed E-state index contributed by atoms with van der Waals surface area (Å²) < 4.78 is 0.976. The average molecular weight is 245 g/mol. The number of aromatic nitrogens is 1. The monoisotopic (exact) mass is 244 g/mol. The Morgan fingerprint density at radius 2 is 2.42 bits per heavy atom. The first kappa shape index (κ1) is 9.61. The molecule has 0 aliphatic rings. The summed E-state index contributed by atoms with van der Waals surface area (Å²) in [6.07, 6.45) is 1.76. The quantitative estimate of drug-likeness (QED) is 0.832. The average Bonchev–Trinajstić information content (AvgIpc) is 2.03. The molecule has 1 rings (SSSR count). The second-order valence-electron chi connectivity index (χ2n) is 2.22. The Morgan fingerprint density at radius 1 is 1.67 bits per heavy atom. The van der Waals surface area contributed by atoms with E-state index >= 15 is 0 Å². The van der Waals surface area contributed by atoms with Crippen molar-refractivity contribution in [2.24, 2.45) is 0 Å². The van der Waals surface area contributed by atoms with Gasteiger partial charge in [-0.05, 0) is 16.6 Å². The van der Waals surface area contributed by atoms with E-state index in [0.717, 1.165) is 15.1 Å². The first-order chi connectivity index (χ1) is 5.68. The number of thioether (sulfide) groups is 1. The van der Waals surface area contributed by atoms with Gasteiger partial charge in [0.25, 0.3) is 0 Å². The molecule has 0 saturated carbocycles. The van der Waals surface area contributed by atoms with Crippen molar-refractivity contribution in [3.05, 3.63) is 29.4 Å². The Balaban J connectivity index is 2.53. The lowest BCUT2D eigenvalue weighted by Gasteiger charge is -1.99. The Kier molecular flexibility index (Phi) is 3.62. The van der Waals surface area contributed by atoms with Gasteiger partial charge in [-0.2, -0.15) is 0 Å². The van der Waals surface area contributed by atoms with Crippen molar-refractivity contribution in [1.82, 2.24) is 4.98 Å². The van der Waals surface area contributed by atoms with Gasteiger partial charge in [-0.1, -0.05) is 22.5 Å². The number of nitrogens with two attached hydrogens (primary N) is 1. The van der Waals surface area contributed by atoms with Gasteiger partial charge in [0, 0.05) is 16.8 Å². The van der Waals surface area contributed by atoms with Crippen LogP contribution in [0.15, 0.2) is 34.3 Å². The second-order valence-corrected chi connectivity index (χ2v) is 4.39. The normalized spacial score (nSPS) is 9.75. The minimum absolute atomic E-state index is 0.553. The molecule has 0 aromatic carbocycles. The fraction of sp³-hybridized carbons (Fsp3) is 0.125. The SMILES string of the molecule is C=C(Br)CSc1ccc(N)nc1. The van der Waals surface area contributed by atoms with E-state index in [0.29, 0.717) is 5.82 Å². The van der Waals surface area contributed by atoms with E-state index in [-0.39, 0.29) is 0 Å². The van der Waals surface area contributed by atoms with E-state index in [4.69, 9.17) is 5.73 Å². The lowest BCUT2D eigenvalue weighted by atomic mass is 10.5. The predicted octanol–water partition coefficient (Wildman–Crippen LogP) is 2.66. The number of nitrogens with zero attached hydrogens (tertiary/aromatic N) is 1. The molecule has 0 aliphatic heterocycles. The summed E-state index contributed by atoms with van der Waals surface area (Å²) in [5.41, 5.74) is 5.44. The summed E-state index contributed by atoms with van der Waals surface area (Å²) in [4.78, 5) is 5.07. The van der Waals surface area contributed by atoms with Gasteiger partial charge in [0.2, 0.25) is 0 Å². The molecule has 0 atom stereocenters. The van der Waals surface area contributed by atoms with E-state index < -0.39 is 0 Å². The Labute approximate surface area is 84.4 Å². The van der Waals surface area contributed by atoms with Gasteiger partial charge in [0.1, 0.15) is 5.82 Å². The Bertz CT molecular complexity index is 271. The number of pyridine rings is 1. The lowest BCUT2D eigenvalue weighted by molar-refractivity contribution is 1.25. The lowest BCUT2D eigenvalue weighted by Crippen LogP contribution is -1.88. The molecule has 0 fully saturated rings. The van der Waals surface area contributed by atoms with Gasteiger partial charge >= 0.3 is 0 Å². The van der Waals surface area contributed by atoms with Crippen LogP contribution in [0.4, 0.5) is 5.82 Å². The summed E-state index contributed by atoms with van der Waals surface area (Å²) in [5, 5.41) is 0. The molecule has 2 nitrogen and oxygen atoms in total. The summed E-state index contributed by atoms with van der Waals surface area (Å²) in [6.45, 7) is 3.74. The van der Waals surface area contributed by atoms with Gasteiger partial charge in [-0.25, -0.2) is 4.98 Å². The van der Waals surface area contributed by atoms with Crippen molar-refractivity contribution < 1.29 is 0 Å². The molecule has 0 spiro atoms. The van der Waals surface area contributed by atoms with Crippen LogP contribution in [-0.4, -0.2) is 10.7 Å². The maximum absolute atomic E-state index is 5.44. The summed E-state index contributed by atoms with van der Waals surface area (Å²) in [5.74, 6) is 1.41. The zero-order chi connectivity index (χ0) is 8.97. The van der Waals surface area contributed by atoms with Crippen molar-refractivity contribution in [1.29, 1.82) is 0 Å². The predicted molar refractivity (Wildman–Crippen MR) is 57.4 cm³/mol. The van der Waals surface area contributed by atoms with Crippen LogP contribution in [0.25, 0.3) is 0 Å². The van der Waals surface area contributed by atoms with E-state index in [1.807, 2.05) is 6.07 Å². The number of rotatable bonds is 3. The largest absolute Gasteiger partial charge is 0.384 e. The molecule has 12 heavy (non-hydrogen) atoms. The number of hydrogen-bond acceptors (Lipinski definition) is 3. The highest BCUT2D eigenvalue weighted by atomic mass is 79.9. The smallest absolute Gasteiger partial charge is 0.123 e. The van der Waals surface area contributed by atoms with Gasteiger partial charge in [-0.15, -0.1) is 11.8 Å². The number of halogens is 1. The number of anilines is 1. The van der Waals surface area contributed by atoms with Crippen molar-refractivity contribution in [2.75, 3.05) is 11.5 Å². The van der Waals surface area contributed by atoms with E-state index in [1.54, 1.807) is 24.0 Å². The summed E-state index contributed by atoms with van der Waals surface area (Å²) in [7, 11) is 0. The standard InChI is InChI=1S/C8H9BrN2S/c1-6(9)5-12-7-2-3-8(10)11-4-7/h2-4H,1,5H2,(H2,10,11). The molecule has 0 radical (unpaired) electrons. The third-order valence-electron chi connectivity index (χ3n) is 1.15. The van der Waals surface area contributed by atoms with Crippen LogP contribution in [0.2, 0.25) is 0 Å². The third-order valence-corrected chi connectivity index (χ3v) is 2.87. The minimum atomic E-state index is 0.553. The van der Waals surface area contributed by atoms with Crippen LogP contribution in [0.5, 0.6) is 0 Å². The topological polar surface area (TPSA) is 38.9 Å². The van der Waals surface area contributed by atoms with Crippen LogP contribution in [0, 0.1) is 0 Å². The molecule has 0 bridgehead atoms. The highest BCUT2D eigenvalue weighted by Gasteiger charge is 1.94. The molecule has 2 N–H and O–H groups in total. The van der Waals surface area contributed by atoms with E-state index in [1.165, 1.54) is 0 Å². The van der Waals surface area contributed by atoms with Gasteiger partial charge < -0.3 is 5.73 Å². The van der Waals surface area contributed by atoms with Crippen molar-refractivity contribution in [3.63, 3.8) is 0 Å². The maximum Gasteiger partial charge on any atom is 0.123 e. The zero-order valence-corrected chi connectivity index (χ0v) is 8.86. The van der Waals surface area contributed by atoms with Gasteiger partial charge in [-0.3, -0.25) is 0 Å². The molecule has 0 unspecified atom stereocenters. The second kappa shape index (κ2) is 4.52. The highest BCUT2D eigenvalue weighted by molar-refractivity contribution is 9.11. The molecule has 1 aromatic rings. The zero-order valence-electron chi connectivity index (χ0n) is 6.46. The Hall–Kier alpha value is -0.480. The fourth-order valence-electron chi connectivity index (χ4n) is 0.639. The molecule has 1 heterocycles. The van der Waals surface area contributed by atoms with Crippen molar-refractivity contribution >= 4 is 33.5 Å². The number of hydrogen-bond donors (Lipinski definition) is 1. The van der Waals surface area contributed by atoms with E-state index in [2.05, 4.69) is 27.5 Å². The first-order valence-electron chi connectivity index (χ1n) is 3.36. The molecule has 0 amide bonds. The maximum atomic E-state index is 5.44. The van der Waals surface area contributed by atoms with Crippen molar-refractivity contribution in [3.8, 4) is 0 Å². The van der Waals surface area contributed by atoms with Crippen LogP contribution in [0.3, 0.4) is 0 Å². The van der Waals surface area contributed by atoms with Crippen molar-refractivity contribution in [2.45, 2.75) is 4.90 Å². The number of nitrogen functional groups attached to an aromatic ring is 1. The molecule has 0 saturated heterocycles. The van der Waals surface area contributed by atoms with Gasteiger partial charge in [0.05, 0.1) is 0 Å². The minimum Gasteiger partial charge on any atom is -0.384 e. The summed E-state index contributed by atoms with van der Waals surface area (Å²) >= 11 is 4.96. The molecule has 4 heteroatoms. The molecular formula is C8H9BrN2S. The molecule has 64 valence electrons. The first-order valence-corrected chi connectivity index (χ1v) is 5.14. The van der Waals surface area contributed by atoms with Gasteiger partial charge in [0.15, 0.2) is 0 Å². The van der Waals surface area contributed by atoms with Crippen LogP contribution < -0.4 is 5.73 Å². The van der Waals surface area contributed by atoms with Crippen LogP contribution in [-0.2, 0) is 0 Å². The molecular weight excluding hydrogens is 236 g/mol. The molecule has 0 aliphatic carbocycles. The molecule has 1 aromatic heterocycles. The van der Waals surface area contributed by atoms with Crippen LogP contribution in [0.1, 0.15) is 0 Å². The van der Waals surface area contributed by atoms with Crippen LogP contribution >= 0.6 is 27.7 Å². The highest BCUT2D eigenvalue weighted by Crippen LogP contribution is 2.21. The van der Waals surface area contributed by atoms with E-state index in [9.17, 15) is 0 Å². The Morgan fingerprint density at radius 3 is 2.92 bits per heavy atom. The fourth-order valence-corrected chi connectivity index (χ4v) is 1.60. The third kappa shape index (κ3) is 3.28. The summed E-state index contributed by atoms with van der Waals surface area (Å²) in [6, 6.07) is 3.74.